The summed E-state index contributed by atoms with van der Waals surface area (Å²) in [7, 11) is -4.85. The van der Waals surface area contributed by atoms with Crippen molar-refractivity contribution in [2.45, 2.75) is 13.3 Å². The molecule has 1 heterocycles. The smallest absolute Gasteiger partial charge is 0.303 e. The first-order chi connectivity index (χ1) is 14.1. The van der Waals surface area contributed by atoms with Gasteiger partial charge in [0.15, 0.2) is 0 Å². The monoisotopic (exact) mass is 489 g/mol. The first-order valence-electron chi connectivity index (χ1n) is 8.22. The van der Waals surface area contributed by atoms with Crippen molar-refractivity contribution >= 4 is 48.5 Å². The predicted octanol–water partition coefficient (Wildman–Crippen LogP) is 2.87. The van der Waals surface area contributed by atoms with Crippen molar-refractivity contribution in [1.82, 2.24) is 8.52 Å². The second-order valence-corrected chi connectivity index (χ2v) is 9.02. The quantitative estimate of drug-likeness (QED) is 0.513. The van der Waals surface area contributed by atoms with Gasteiger partial charge in [0.1, 0.15) is 6.73 Å². The molecule has 3 aromatic rings. The Morgan fingerprint density at radius 2 is 1.63 bits per heavy atom. The Morgan fingerprint density at radius 3 is 2.20 bits per heavy atom. The van der Waals surface area contributed by atoms with E-state index in [1.165, 1.54) is 28.2 Å². The number of hydrogen-bond acceptors (Lipinski definition) is 5. The molecule has 0 aliphatic heterocycles. The van der Waals surface area contributed by atoms with Crippen LogP contribution in [0.2, 0.25) is 10.0 Å². The summed E-state index contributed by atoms with van der Waals surface area (Å²) < 4.78 is 17.6. The number of benzene rings is 2. The maximum absolute atomic E-state index is 12.7. The molecular formula is C17H14Cl2N3O6PS. The molecule has 2 N–H and O–H groups in total. The molecule has 0 aliphatic carbocycles. The molecule has 1 amide bonds. The van der Waals surface area contributed by atoms with Crippen LogP contribution in [0.1, 0.15) is 15.9 Å². The summed E-state index contributed by atoms with van der Waals surface area (Å²) >= 11 is 12.5. The van der Waals surface area contributed by atoms with Gasteiger partial charge in [-0.2, -0.15) is 4.99 Å². The van der Waals surface area contributed by atoms with Crippen LogP contribution < -0.4 is 10.5 Å². The molecule has 0 saturated carbocycles. The van der Waals surface area contributed by atoms with E-state index in [-0.39, 0.29) is 16.9 Å². The number of nitrogens with zero attached hydrogens (tertiary/aromatic N) is 3. The summed E-state index contributed by atoms with van der Waals surface area (Å²) in [4.78, 5) is 47.0. The Labute approximate surface area is 183 Å². The van der Waals surface area contributed by atoms with E-state index in [9.17, 15) is 14.2 Å². The summed E-state index contributed by atoms with van der Waals surface area (Å²) in [5, 5.41) is 0.974. The van der Waals surface area contributed by atoms with E-state index in [1.807, 2.05) is 0 Å². The van der Waals surface area contributed by atoms with Gasteiger partial charge in [-0.1, -0.05) is 35.3 Å². The summed E-state index contributed by atoms with van der Waals surface area (Å²) in [5.41, 5.74) is 0.333. The number of hydrogen-bond donors (Lipinski definition) is 2. The molecule has 3 rings (SSSR count). The SMILES string of the molecule is O=C(/N=c1\sn(Cc2ccc(Cl)cc2)c(=O)n1COP(=O)(O)O)c1ccc(Cl)cc1. The van der Waals surface area contributed by atoms with Crippen LogP contribution in [-0.4, -0.2) is 24.2 Å². The maximum atomic E-state index is 12.7. The summed E-state index contributed by atoms with van der Waals surface area (Å²) in [6.07, 6.45) is 0. The van der Waals surface area contributed by atoms with Gasteiger partial charge in [-0.3, -0.25) is 9.32 Å². The van der Waals surface area contributed by atoms with Crippen molar-refractivity contribution < 1.29 is 23.7 Å². The van der Waals surface area contributed by atoms with E-state index in [0.717, 1.165) is 21.7 Å². The highest BCUT2D eigenvalue weighted by Crippen LogP contribution is 2.35. The molecule has 0 bridgehead atoms. The summed E-state index contributed by atoms with van der Waals surface area (Å²) in [6, 6.07) is 12.7. The lowest BCUT2D eigenvalue weighted by atomic mass is 10.2. The van der Waals surface area contributed by atoms with Gasteiger partial charge in [0, 0.05) is 15.6 Å². The topological polar surface area (TPSA) is 123 Å². The van der Waals surface area contributed by atoms with Crippen molar-refractivity contribution in [3.8, 4) is 0 Å². The van der Waals surface area contributed by atoms with Crippen LogP contribution in [-0.2, 0) is 22.4 Å². The van der Waals surface area contributed by atoms with Crippen LogP contribution in [0, 0.1) is 0 Å². The van der Waals surface area contributed by atoms with E-state index in [0.29, 0.717) is 10.0 Å². The molecule has 9 nitrogen and oxygen atoms in total. The Balaban J connectivity index is 2.01. The molecule has 13 heteroatoms. The molecule has 158 valence electrons. The second-order valence-electron chi connectivity index (χ2n) is 5.92. The molecule has 0 fully saturated rings. The highest BCUT2D eigenvalue weighted by atomic mass is 35.5. The lowest BCUT2D eigenvalue weighted by molar-refractivity contribution is 0.0996. The highest BCUT2D eigenvalue weighted by Gasteiger charge is 2.18. The molecule has 0 saturated heterocycles. The van der Waals surface area contributed by atoms with Crippen molar-refractivity contribution in [3.05, 3.63) is 85.0 Å². The third-order valence-electron chi connectivity index (χ3n) is 3.75. The first-order valence-corrected chi connectivity index (χ1v) is 11.3. The molecule has 0 aliphatic rings. The van der Waals surface area contributed by atoms with E-state index in [2.05, 4.69) is 9.52 Å². The molecule has 2 aromatic carbocycles. The third-order valence-corrected chi connectivity index (χ3v) is 5.69. The zero-order chi connectivity index (χ0) is 21.9. The van der Waals surface area contributed by atoms with Gasteiger partial charge in [0.2, 0.25) is 4.80 Å². The van der Waals surface area contributed by atoms with Crippen LogP contribution in [0.5, 0.6) is 0 Å². The van der Waals surface area contributed by atoms with E-state index in [1.54, 1.807) is 24.3 Å². The summed E-state index contributed by atoms with van der Waals surface area (Å²) in [5.74, 6) is -0.656. The number of phosphoric ester groups is 1. The largest absolute Gasteiger partial charge is 0.471 e. The standard InChI is InChI=1S/C17H14Cl2N3O6PS/c18-13-5-1-11(2-6-13)9-22-17(24)21(10-28-29(25,26)27)16(30-22)20-15(23)12-3-7-14(19)8-4-12/h1-8H,9-10H2,(H2,25,26,27)/b20-16-. The molecule has 0 atom stereocenters. The van der Waals surface area contributed by atoms with Gasteiger partial charge in [0.25, 0.3) is 5.91 Å². The average molecular weight is 490 g/mol. The van der Waals surface area contributed by atoms with Gasteiger partial charge in [0.05, 0.1) is 6.54 Å². The zero-order valence-corrected chi connectivity index (χ0v) is 18.2. The van der Waals surface area contributed by atoms with Crippen LogP contribution in [0.25, 0.3) is 0 Å². The first kappa shape index (κ1) is 22.6. The number of carbonyl (C=O) groups excluding carboxylic acids is 1. The number of halogens is 2. The van der Waals surface area contributed by atoms with Crippen molar-refractivity contribution in [2.24, 2.45) is 4.99 Å². The van der Waals surface area contributed by atoms with Crippen molar-refractivity contribution in [2.75, 3.05) is 0 Å². The zero-order valence-electron chi connectivity index (χ0n) is 15.0. The summed E-state index contributed by atoms with van der Waals surface area (Å²) in [6.45, 7) is -0.638. The normalized spacial score (nSPS) is 12.3. The average Bonchev–Trinajstić information content (AvgIpc) is 2.96. The van der Waals surface area contributed by atoms with Gasteiger partial charge in [-0.15, -0.1) is 0 Å². The molecular weight excluding hydrogens is 476 g/mol. The minimum Gasteiger partial charge on any atom is -0.303 e. The lowest BCUT2D eigenvalue weighted by Gasteiger charge is -2.05. The van der Waals surface area contributed by atoms with Crippen LogP contribution >= 0.6 is 42.6 Å². The second kappa shape index (κ2) is 9.40. The molecule has 1 aromatic heterocycles. The van der Waals surface area contributed by atoms with Crippen LogP contribution in [0.4, 0.5) is 0 Å². The van der Waals surface area contributed by atoms with Crippen molar-refractivity contribution in [3.63, 3.8) is 0 Å². The fourth-order valence-corrected chi connectivity index (χ4v) is 3.79. The fourth-order valence-electron chi connectivity index (χ4n) is 2.33. The third kappa shape index (κ3) is 5.99. The Kier molecular flexibility index (Phi) is 7.10. The van der Waals surface area contributed by atoms with E-state index < -0.39 is 26.2 Å². The minimum atomic E-state index is -4.85. The minimum absolute atomic E-state index is 0.0811. The molecule has 30 heavy (non-hydrogen) atoms. The molecule has 0 spiro atoms. The van der Waals surface area contributed by atoms with Gasteiger partial charge >= 0.3 is 13.5 Å². The number of aromatic nitrogens is 2. The molecule has 0 unspecified atom stereocenters. The predicted molar refractivity (Wildman–Crippen MR) is 112 cm³/mol. The number of amides is 1. The molecule has 0 radical (unpaired) electrons. The fraction of sp³-hybridized carbons (Fsp3) is 0.118. The van der Waals surface area contributed by atoms with Gasteiger partial charge in [-0.25, -0.2) is 17.9 Å². The van der Waals surface area contributed by atoms with Crippen LogP contribution in [0.15, 0.2) is 58.3 Å². The Morgan fingerprint density at radius 1 is 1.07 bits per heavy atom. The number of phosphoric acid groups is 1. The lowest BCUT2D eigenvalue weighted by Crippen LogP contribution is -2.31. The Bertz CT molecular complexity index is 1230. The Hall–Kier alpha value is -2.04. The van der Waals surface area contributed by atoms with E-state index in [4.69, 9.17) is 33.0 Å². The van der Waals surface area contributed by atoms with Gasteiger partial charge in [-0.05, 0) is 53.5 Å². The number of carbonyl (C=O) groups is 1. The maximum Gasteiger partial charge on any atom is 0.471 e. The van der Waals surface area contributed by atoms with Crippen molar-refractivity contribution in [1.29, 1.82) is 0 Å². The highest BCUT2D eigenvalue weighted by molar-refractivity contribution is 7.46. The van der Waals surface area contributed by atoms with Crippen LogP contribution in [0.3, 0.4) is 0 Å². The van der Waals surface area contributed by atoms with E-state index >= 15 is 0 Å². The number of rotatable bonds is 6. The van der Waals surface area contributed by atoms with Gasteiger partial charge < -0.3 is 9.79 Å².